The summed E-state index contributed by atoms with van der Waals surface area (Å²) in [5.41, 5.74) is 1.11. The number of carbonyl (C=O) groups excluding carboxylic acids is 2. The lowest BCUT2D eigenvalue weighted by atomic mass is 10.1. The molecule has 0 saturated heterocycles. The van der Waals surface area contributed by atoms with Gasteiger partial charge in [0.15, 0.2) is 11.5 Å². The van der Waals surface area contributed by atoms with E-state index in [-0.39, 0.29) is 12.5 Å². The molecule has 0 saturated carbocycles. The van der Waals surface area contributed by atoms with E-state index < -0.39 is 11.9 Å². The van der Waals surface area contributed by atoms with E-state index in [9.17, 15) is 9.59 Å². The number of benzene rings is 2. The Morgan fingerprint density at radius 2 is 1.84 bits per heavy atom. The summed E-state index contributed by atoms with van der Waals surface area (Å²) in [4.78, 5) is 24.3. The van der Waals surface area contributed by atoms with Crippen LogP contribution in [-0.4, -0.2) is 25.8 Å². The van der Waals surface area contributed by atoms with Crippen molar-refractivity contribution < 1.29 is 23.8 Å². The highest BCUT2D eigenvalue weighted by molar-refractivity contribution is 9.10. The zero-order chi connectivity index (χ0) is 17.8. The number of hydrogen-bond donors (Lipinski definition) is 1. The Kier molecular flexibility index (Phi) is 5.04. The molecular weight excluding hydrogens is 390 g/mol. The van der Waals surface area contributed by atoms with E-state index in [1.807, 2.05) is 0 Å². The van der Waals surface area contributed by atoms with Gasteiger partial charge in [0.2, 0.25) is 6.79 Å². The molecule has 2 aromatic carbocycles. The highest BCUT2D eigenvalue weighted by atomic mass is 79.9. The molecule has 1 N–H and O–H groups in total. The van der Waals surface area contributed by atoms with E-state index in [4.69, 9.17) is 14.2 Å². The lowest BCUT2D eigenvalue weighted by Crippen LogP contribution is -2.28. The number of halogens is 1. The molecule has 2 aromatic rings. The number of hydrogen-bond acceptors (Lipinski definition) is 5. The maximum atomic E-state index is 12.3. The highest BCUT2D eigenvalue weighted by Crippen LogP contribution is 2.33. The van der Waals surface area contributed by atoms with Gasteiger partial charge < -0.3 is 19.5 Å². The fourth-order valence-corrected chi connectivity index (χ4v) is 2.49. The van der Waals surface area contributed by atoms with Gasteiger partial charge in [-0.15, -0.1) is 0 Å². The van der Waals surface area contributed by atoms with E-state index in [1.54, 1.807) is 42.5 Å². The monoisotopic (exact) mass is 403 g/mol. The van der Waals surface area contributed by atoms with Gasteiger partial charge in [-0.1, -0.05) is 22.0 Å². The van der Waals surface area contributed by atoms with Gasteiger partial charge in [-0.3, -0.25) is 4.79 Å². The average Bonchev–Trinajstić information content (AvgIpc) is 3.08. The van der Waals surface area contributed by atoms with Crippen molar-refractivity contribution >= 4 is 33.9 Å². The summed E-state index contributed by atoms with van der Waals surface area (Å²) in [6.07, 6.45) is 1.52. The average molecular weight is 404 g/mol. The summed E-state index contributed by atoms with van der Waals surface area (Å²) in [6.45, 7) is 0.159. The van der Waals surface area contributed by atoms with Gasteiger partial charge in [-0.05, 0) is 48.0 Å². The van der Waals surface area contributed by atoms with Crippen LogP contribution in [0.1, 0.15) is 15.9 Å². The smallest absolute Gasteiger partial charge is 0.354 e. The van der Waals surface area contributed by atoms with Crippen LogP contribution in [-0.2, 0) is 9.53 Å². The normalized spacial score (nSPS) is 12.6. The first-order valence-corrected chi connectivity index (χ1v) is 8.12. The third-order valence-corrected chi connectivity index (χ3v) is 4.00. The van der Waals surface area contributed by atoms with E-state index in [1.165, 1.54) is 13.2 Å². The van der Waals surface area contributed by atoms with Crippen molar-refractivity contribution in [1.29, 1.82) is 0 Å². The van der Waals surface area contributed by atoms with Crippen molar-refractivity contribution in [2.45, 2.75) is 0 Å². The van der Waals surface area contributed by atoms with Crippen LogP contribution < -0.4 is 14.8 Å². The molecule has 1 heterocycles. The molecule has 0 aromatic heterocycles. The Morgan fingerprint density at radius 1 is 1.12 bits per heavy atom. The first-order valence-electron chi connectivity index (χ1n) is 7.33. The zero-order valence-corrected chi connectivity index (χ0v) is 14.8. The zero-order valence-electron chi connectivity index (χ0n) is 13.2. The number of nitrogens with one attached hydrogen (secondary N) is 1. The predicted molar refractivity (Wildman–Crippen MR) is 94.2 cm³/mol. The summed E-state index contributed by atoms with van der Waals surface area (Å²) in [7, 11) is 1.25. The number of amides is 1. The summed E-state index contributed by atoms with van der Waals surface area (Å²) >= 11 is 3.31. The third kappa shape index (κ3) is 4.00. The first-order chi connectivity index (χ1) is 12.1. The summed E-state index contributed by atoms with van der Waals surface area (Å²) < 4.78 is 16.2. The number of rotatable bonds is 4. The second-order valence-corrected chi connectivity index (χ2v) is 6.04. The number of fused-ring (bicyclic) bond motifs is 1. The molecule has 0 fully saturated rings. The van der Waals surface area contributed by atoms with Gasteiger partial charge in [-0.25, -0.2) is 4.79 Å². The van der Waals surface area contributed by atoms with Crippen molar-refractivity contribution in [2.75, 3.05) is 13.9 Å². The lowest BCUT2D eigenvalue weighted by Gasteiger charge is -2.09. The maximum Gasteiger partial charge on any atom is 0.354 e. The second kappa shape index (κ2) is 7.40. The van der Waals surface area contributed by atoms with Crippen LogP contribution in [0.2, 0.25) is 0 Å². The van der Waals surface area contributed by atoms with Gasteiger partial charge in [0.25, 0.3) is 5.91 Å². The van der Waals surface area contributed by atoms with E-state index >= 15 is 0 Å². The topological polar surface area (TPSA) is 73.9 Å². The van der Waals surface area contributed by atoms with Crippen LogP contribution in [0.5, 0.6) is 11.5 Å². The third-order valence-electron chi connectivity index (χ3n) is 3.47. The van der Waals surface area contributed by atoms with Crippen molar-refractivity contribution in [2.24, 2.45) is 0 Å². The van der Waals surface area contributed by atoms with Crippen LogP contribution in [0.15, 0.2) is 52.6 Å². The van der Waals surface area contributed by atoms with Crippen molar-refractivity contribution in [3.05, 3.63) is 63.8 Å². The number of carbonyl (C=O) groups is 2. The molecular formula is C18H14BrNO5. The molecule has 0 radical (unpaired) electrons. The SMILES string of the molecule is COC(=O)/C(=C/c1ccc2c(c1)OCO2)NC(=O)c1ccc(Br)cc1. The van der Waals surface area contributed by atoms with Crippen molar-refractivity contribution in [3.8, 4) is 11.5 Å². The summed E-state index contributed by atoms with van der Waals surface area (Å²) in [5.74, 6) is 0.154. The number of esters is 1. The van der Waals surface area contributed by atoms with Gasteiger partial charge in [0, 0.05) is 10.0 Å². The van der Waals surface area contributed by atoms with Crippen molar-refractivity contribution in [1.82, 2.24) is 5.32 Å². The molecule has 3 rings (SSSR count). The molecule has 0 atom stereocenters. The Hall–Kier alpha value is -2.80. The molecule has 0 spiro atoms. The number of methoxy groups -OCH3 is 1. The minimum atomic E-state index is -0.650. The van der Waals surface area contributed by atoms with Gasteiger partial charge in [0.1, 0.15) is 5.70 Å². The van der Waals surface area contributed by atoms with E-state index in [0.717, 1.165) is 4.47 Å². The molecule has 0 unspecified atom stereocenters. The standard InChI is InChI=1S/C18H14BrNO5/c1-23-18(22)14(20-17(21)12-3-5-13(19)6-4-12)8-11-2-7-15-16(9-11)25-10-24-15/h2-9H,10H2,1H3,(H,20,21)/b14-8-. The van der Waals surface area contributed by atoms with Gasteiger partial charge in [0.05, 0.1) is 7.11 Å². The molecule has 1 aliphatic rings. The van der Waals surface area contributed by atoms with Crippen LogP contribution in [0, 0.1) is 0 Å². The Labute approximate surface area is 152 Å². The van der Waals surface area contributed by atoms with Crippen LogP contribution in [0.4, 0.5) is 0 Å². The molecule has 7 heteroatoms. The lowest BCUT2D eigenvalue weighted by molar-refractivity contribution is -0.136. The Bertz CT molecular complexity index is 845. The minimum Gasteiger partial charge on any atom is -0.464 e. The summed E-state index contributed by atoms with van der Waals surface area (Å²) in [5, 5.41) is 2.58. The molecule has 0 aliphatic carbocycles. The molecule has 128 valence electrons. The molecule has 6 nitrogen and oxygen atoms in total. The summed E-state index contributed by atoms with van der Waals surface area (Å²) in [6, 6.07) is 12.0. The maximum absolute atomic E-state index is 12.3. The largest absolute Gasteiger partial charge is 0.464 e. The fourth-order valence-electron chi connectivity index (χ4n) is 2.22. The van der Waals surface area contributed by atoms with Crippen LogP contribution in [0.3, 0.4) is 0 Å². The van der Waals surface area contributed by atoms with Gasteiger partial charge in [-0.2, -0.15) is 0 Å². The first kappa shape index (κ1) is 17.0. The second-order valence-electron chi connectivity index (χ2n) is 5.12. The molecule has 1 aliphatic heterocycles. The molecule has 25 heavy (non-hydrogen) atoms. The predicted octanol–water partition coefficient (Wildman–Crippen LogP) is 3.12. The van der Waals surface area contributed by atoms with Crippen molar-refractivity contribution in [3.63, 3.8) is 0 Å². The molecule has 1 amide bonds. The van der Waals surface area contributed by atoms with Crippen LogP contribution >= 0.6 is 15.9 Å². The minimum absolute atomic E-state index is 0.0225. The highest BCUT2D eigenvalue weighted by Gasteiger charge is 2.17. The van der Waals surface area contributed by atoms with E-state index in [2.05, 4.69) is 21.2 Å². The fraction of sp³-hybridized carbons (Fsp3) is 0.111. The quantitative estimate of drug-likeness (QED) is 0.626. The molecule has 0 bridgehead atoms. The van der Waals surface area contributed by atoms with E-state index in [0.29, 0.717) is 22.6 Å². The Balaban J connectivity index is 1.85. The van der Waals surface area contributed by atoms with Gasteiger partial charge >= 0.3 is 5.97 Å². The number of ether oxygens (including phenoxy) is 3. The Morgan fingerprint density at radius 3 is 2.56 bits per heavy atom. The van der Waals surface area contributed by atoms with Crippen LogP contribution in [0.25, 0.3) is 6.08 Å².